The van der Waals surface area contributed by atoms with Gasteiger partial charge in [0.15, 0.2) is 0 Å². The van der Waals surface area contributed by atoms with Crippen molar-refractivity contribution in [1.29, 1.82) is 0 Å². The van der Waals surface area contributed by atoms with E-state index in [1.165, 1.54) is 0 Å². The minimum atomic E-state index is -0.225. The first-order valence-corrected chi connectivity index (χ1v) is 8.38. The molecule has 1 amide bonds. The summed E-state index contributed by atoms with van der Waals surface area (Å²) in [7, 11) is 0. The highest BCUT2D eigenvalue weighted by atomic mass is 16.3. The van der Waals surface area contributed by atoms with E-state index in [1.807, 2.05) is 32.0 Å². The van der Waals surface area contributed by atoms with Crippen LogP contribution in [-0.2, 0) is 0 Å². The van der Waals surface area contributed by atoms with Gasteiger partial charge in [-0.2, -0.15) is 0 Å². The molecule has 0 saturated heterocycles. The third kappa shape index (κ3) is 6.32. The number of aliphatic hydroxyl groups is 2. The summed E-state index contributed by atoms with van der Waals surface area (Å²) in [6, 6.07) is 8.97. The van der Waals surface area contributed by atoms with E-state index in [-0.39, 0.29) is 36.5 Å². The molecule has 4 heteroatoms. The number of carbonyl (C=O) groups is 1. The molecule has 1 aromatic rings. The van der Waals surface area contributed by atoms with E-state index in [9.17, 15) is 15.0 Å². The molecule has 2 atom stereocenters. The smallest absolute Gasteiger partial charge is 0.254 e. The van der Waals surface area contributed by atoms with E-state index in [4.69, 9.17) is 0 Å². The summed E-state index contributed by atoms with van der Waals surface area (Å²) < 4.78 is 0. The maximum absolute atomic E-state index is 12.8. The van der Waals surface area contributed by atoms with Gasteiger partial charge in [-0.3, -0.25) is 4.79 Å². The number of amides is 1. The first-order chi connectivity index (χ1) is 10.8. The summed E-state index contributed by atoms with van der Waals surface area (Å²) in [5, 5.41) is 18.7. The Labute approximate surface area is 140 Å². The molecule has 4 nitrogen and oxygen atoms in total. The fraction of sp³-hybridized carbons (Fsp3) is 0.632. The lowest BCUT2D eigenvalue weighted by Crippen LogP contribution is -2.46. The zero-order valence-corrected chi connectivity index (χ0v) is 14.8. The van der Waals surface area contributed by atoms with Crippen molar-refractivity contribution in [3.05, 3.63) is 35.9 Å². The molecule has 23 heavy (non-hydrogen) atoms. The van der Waals surface area contributed by atoms with Crippen molar-refractivity contribution < 1.29 is 15.0 Å². The molecule has 2 N–H and O–H groups in total. The van der Waals surface area contributed by atoms with Crippen LogP contribution in [0.3, 0.4) is 0 Å². The van der Waals surface area contributed by atoms with Gasteiger partial charge >= 0.3 is 0 Å². The average molecular weight is 321 g/mol. The van der Waals surface area contributed by atoms with Crippen LogP contribution in [0.5, 0.6) is 0 Å². The normalized spacial score (nSPS) is 14.3. The van der Waals surface area contributed by atoms with Gasteiger partial charge in [0.25, 0.3) is 5.91 Å². The third-order valence-electron chi connectivity index (χ3n) is 4.30. The Morgan fingerprint density at radius 2 is 1.74 bits per heavy atom. The first-order valence-electron chi connectivity index (χ1n) is 8.38. The highest BCUT2D eigenvalue weighted by Gasteiger charge is 2.28. The Kier molecular flexibility index (Phi) is 7.73. The predicted octanol–water partition coefficient (Wildman–Crippen LogP) is 2.94. The molecule has 1 aromatic carbocycles. The number of rotatable bonds is 9. The molecule has 0 aliphatic heterocycles. The van der Waals surface area contributed by atoms with Gasteiger partial charge < -0.3 is 15.1 Å². The fourth-order valence-corrected chi connectivity index (χ4v) is 2.54. The van der Waals surface area contributed by atoms with Crippen LogP contribution >= 0.6 is 0 Å². The van der Waals surface area contributed by atoms with E-state index < -0.39 is 0 Å². The van der Waals surface area contributed by atoms with Gasteiger partial charge in [0, 0.05) is 18.7 Å². The average Bonchev–Trinajstić information content (AvgIpc) is 2.57. The van der Waals surface area contributed by atoms with Crippen LogP contribution < -0.4 is 0 Å². The Morgan fingerprint density at radius 3 is 2.26 bits per heavy atom. The van der Waals surface area contributed by atoms with Crippen molar-refractivity contribution in [2.24, 2.45) is 11.3 Å². The Hall–Kier alpha value is -1.39. The van der Waals surface area contributed by atoms with Crippen LogP contribution in [0.25, 0.3) is 0 Å². The molecule has 0 bridgehead atoms. The first kappa shape index (κ1) is 19.7. The molecule has 0 radical (unpaired) electrons. The summed E-state index contributed by atoms with van der Waals surface area (Å²) in [5.74, 6) is 0.221. The van der Waals surface area contributed by atoms with Gasteiger partial charge in [-0.1, -0.05) is 39.0 Å². The second kappa shape index (κ2) is 9.04. The molecule has 1 rings (SSSR count). The molecule has 0 aliphatic rings. The highest BCUT2D eigenvalue weighted by Crippen LogP contribution is 2.27. The lowest BCUT2D eigenvalue weighted by molar-refractivity contribution is 0.0490. The van der Waals surface area contributed by atoms with E-state index >= 15 is 0 Å². The van der Waals surface area contributed by atoms with Crippen molar-refractivity contribution in [3.63, 3.8) is 0 Å². The standard InChI is InChI=1S/C19H31NO3/c1-15(12-21)10-11-19(3,4)14-20(16(2)13-22)18(23)17-8-6-5-7-9-17/h5-9,15-16,21-22H,10-14H2,1-4H3/t15-,16+/m0/s1. The van der Waals surface area contributed by atoms with E-state index in [1.54, 1.807) is 17.0 Å². The Balaban J connectivity index is 2.84. The molecule has 0 spiro atoms. The summed E-state index contributed by atoms with van der Waals surface area (Å²) in [4.78, 5) is 14.6. The number of hydrogen-bond acceptors (Lipinski definition) is 3. The lowest BCUT2D eigenvalue weighted by Gasteiger charge is -2.36. The second-order valence-corrected chi connectivity index (χ2v) is 7.32. The summed E-state index contributed by atoms with van der Waals surface area (Å²) in [6.07, 6.45) is 1.84. The van der Waals surface area contributed by atoms with Crippen molar-refractivity contribution in [1.82, 2.24) is 4.90 Å². The Bertz CT molecular complexity index is 473. The molecule has 0 unspecified atom stereocenters. The molecule has 0 heterocycles. The van der Waals surface area contributed by atoms with E-state index in [0.717, 1.165) is 12.8 Å². The van der Waals surface area contributed by atoms with Crippen LogP contribution in [0, 0.1) is 11.3 Å². The van der Waals surface area contributed by atoms with Gasteiger partial charge in [-0.25, -0.2) is 0 Å². The number of hydrogen-bond donors (Lipinski definition) is 2. The monoisotopic (exact) mass is 321 g/mol. The fourth-order valence-electron chi connectivity index (χ4n) is 2.54. The van der Waals surface area contributed by atoms with Gasteiger partial charge in [-0.05, 0) is 43.2 Å². The molecule has 130 valence electrons. The number of benzene rings is 1. The van der Waals surface area contributed by atoms with Gasteiger partial charge in [0.1, 0.15) is 0 Å². The predicted molar refractivity (Wildman–Crippen MR) is 93.3 cm³/mol. The zero-order valence-electron chi connectivity index (χ0n) is 14.8. The summed E-state index contributed by atoms with van der Waals surface area (Å²) in [5.41, 5.74) is 0.574. The molecule has 0 fully saturated rings. The zero-order chi connectivity index (χ0) is 17.5. The molecular weight excluding hydrogens is 290 g/mol. The number of aliphatic hydroxyl groups excluding tert-OH is 2. The number of nitrogens with zero attached hydrogens (tertiary/aromatic N) is 1. The van der Waals surface area contributed by atoms with Crippen LogP contribution in [0.2, 0.25) is 0 Å². The van der Waals surface area contributed by atoms with Crippen LogP contribution in [0.4, 0.5) is 0 Å². The van der Waals surface area contributed by atoms with Crippen molar-refractivity contribution in [2.45, 2.75) is 46.6 Å². The van der Waals surface area contributed by atoms with Gasteiger partial charge in [0.05, 0.1) is 12.6 Å². The quantitative estimate of drug-likeness (QED) is 0.735. The maximum Gasteiger partial charge on any atom is 0.254 e. The van der Waals surface area contributed by atoms with Gasteiger partial charge in [0.2, 0.25) is 0 Å². The third-order valence-corrected chi connectivity index (χ3v) is 4.30. The lowest BCUT2D eigenvalue weighted by atomic mass is 9.84. The van der Waals surface area contributed by atoms with Crippen molar-refractivity contribution >= 4 is 5.91 Å². The summed E-state index contributed by atoms with van der Waals surface area (Å²) in [6.45, 7) is 8.88. The van der Waals surface area contributed by atoms with Gasteiger partial charge in [-0.15, -0.1) is 0 Å². The largest absolute Gasteiger partial charge is 0.396 e. The SMILES string of the molecule is C[C@H](CO)CCC(C)(C)CN(C(=O)c1ccccc1)[C@H](C)CO. The Morgan fingerprint density at radius 1 is 1.13 bits per heavy atom. The minimum Gasteiger partial charge on any atom is -0.396 e. The van der Waals surface area contributed by atoms with Crippen molar-refractivity contribution in [2.75, 3.05) is 19.8 Å². The maximum atomic E-state index is 12.8. The molecule has 0 aliphatic carbocycles. The molecular formula is C19H31NO3. The van der Waals surface area contributed by atoms with Crippen LogP contribution in [0.1, 0.15) is 50.9 Å². The minimum absolute atomic E-state index is 0.0459. The topological polar surface area (TPSA) is 60.8 Å². The second-order valence-electron chi connectivity index (χ2n) is 7.32. The highest BCUT2D eigenvalue weighted by molar-refractivity contribution is 5.94. The van der Waals surface area contributed by atoms with E-state index in [2.05, 4.69) is 13.8 Å². The van der Waals surface area contributed by atoms with Crippen LogP contribution in [-0.4, -0.2) is 46.8 Å². The van der Waals surface area contributed by atoms with E-state index in [0.29, 0.717) is 12.1 Å². The van der Waals surface area contributed by atoms with Crippen LogP contribution in [0.15, 0.2) is 30.3 Å². The molecule has 0 aromatic heterocycles. The number of carbonyl (C=O) groups excluding carboxylic acids is 1. The summed E-state index contributed by atoms with van der Waals surface area (Å²) >= 11 is 0. The van der Waals surface area contributed by atoms with Crippen molar-refractivity contribution in [3.8, 4) is 0 Å². The molecule has 0 saturated carbocycles.